The molecule has 3 aliphatic carbocycles. The molecule has 0 saturated heterocycles. The Kier molecular flexibility index (Phi) is 7.40. The van der Waals surface area contributed by atoms with Crippen LogP contribution in [0.2, 0.25) is 0 Å². The molecule has 2 fully saturated rings. The second-order valence-corrected chi connectivity index (χ2v) is 12.0. The minimum atomic E-state index is -2.77. The van der Waals surface area contributed by atoms with Crippen LogP contribution in [0, 0.1) is 36.0 Å². The topological polar surface area (TPSA) is 170 Å². The van der Waals surface area contributed by atoms with Crippen LogP contribution in [0.5, 0.6) is 5.75 Å². The minimum Gasteiger partial charge on any atom is -0.505 e. The molecule has 43 heavy (non-hydrogen) atoms. The number of nitrogens with two attached hydrogens (primary N) is 1. The summed E-state index contributed by atoms with van der Waals surface area (Å²) in [5.41, 5.74) is 5.57. The van der Waals surface area contributed by atoms with Crippen LogP contribution < -0.4 is 16.0 Å². The number of likely N-dealkylation sites (N-methyl/N-ethyl adjacent to an activating group) is 1. The molecule has 1 amide bonds. The van der Waals surface area contributed by atoms with Gasteiger partial charge >= 0.3 is 0 Å². The number of rotatable bonds is 6. The molecule has 0 spiro atoms. The van der Waals surface area contributed by atoms with Gasteiger partial charge in [-0.15, -0.1) is 6.42 Å². The van der Waals surface area contributed by atoms with E-state index in [4.69, 9.17) is 12.2 Å². The molecule has 3 aliphatic rings. The summed E-state index contributed by atoms with van der Waals surface area (Å²) in [7, 11) is 6.69. The zero-order valence-corrected chi connectivity index (χ0v) is 24.4. The fourth-order valence-corrected chi connectivity index (χ4v) is 7.10. The third kappa shape index (κ3) is 4.49. The molecule has 6 atom stereocenters. The zero-order valence-electron chi connectivity index (χ0n) is 24.4. The van der Waals surface area contributed by atoms with Crippen molar-refractivity contribution in [1.82, 2.24) is 4.90 Å². The first kappa shape index (κ1) is 29.9. The smallest absolute Gasteiger partial charge is 0.235 e. The summed E-state index contributed by atoms with van der Waals surface area (Å²) in [6.07, 6.45) is 5.60. The highest BCUT2D eigenvalue weighted by molar-refractivity contribution is 6.32. The van der Waals surface area contributed by atoms with Gasteiger partial charge < -0.3 is 26.2 Å². The quantitative estimate of drug-likeness (QED) is 0.213. The molecule has 2 aromatic carbocycles. The number of phenolic OH excluding ortho intramolecular Hbond substituents is 1. The molecule has 2 unspecified atom stereocenters. The summed E-state index contributed by atoms with van der Waals surface area (Å²) in [6, 6.07) is 7.83. The highest BCUT2D eigenvalue weighted by Gasteiger charge is 2.69. The number of terminal acetylenes is 1. The first-order chi connectivity index (χ1) is 20.2. The van der Waals surface area contributed by atoms with Crippen LogP contribution in [0.15, 0.2) is 30.3 Å². The minimum absolute atomic E-state index is 0.00875. The number of Topliss-reactive ketones (excluding diaryl/α,β-unsaturated/α-hetero) is 4. The van der Waals surface area contributed by atoms with Crippen LogP contribution in [0.1, 0.15) is 33.5 Å². The van der Waals surface area contributed by atoms with Crippen molar-refractivity contribution in [2.75, 3.05) is 38.4 Å². The Bertz CT molecular complexity index is 1610. The maximum Gasteiger partial charge on any atom is 0.235 e. The molecular formula is C32H34N4O7. The number of benzene rings is 2. The summed E-state index contributed by atoms with van der Waals surface area (Å²) < 4.78 is 0. The molecule has 11 heteroatoms. The van der Waals surface area contributed by atoms with Crippen LogP contribution in [0.4, 0.5) is 11.4 Å². The Morgan fingerprint density at radius 1 is 1.12 bits per heavy atom. The van der Waals surface area contributed by atoms with Gasteiger partial charge in [0.25, 0.3) is 0 Å². The molecule has 224 valence electrons. The molecule has 0 aliphatic heterocycles. The maximum absolute atomic E-state index is 14.1. The van der Waals surface area contributed by atoms with Gasteiger partial charge in [0.15, 0.2) is 34.7 Å². The number of nitrogens with one attached hydrogen (secondary N) is 1. The number of aliphatic hydroxyl groups is 1. The van der Waals surface area contributed by atoms with Gasteiger partial charge in [-0.25, -0.2) is 0 Å². The van der Waals surface area contributed by atoms with Gasteiger partial charge in [-0.3, -0.25) is 28.9 Å². The van der Waals surface area contributed by atoms with Crippen LogP contribution >= 0.6 is 0 Å². The average Bonchev–Trinajstić information content (AvgIpc) is 2.94. The second kappa shape index (κ2) is 10.6. The first-order valence-corrected chi connectivity index (χ1v) is 13.9. The van der Waals surface area contributed by atoms with Crippen LogP contribution in [-0.2, 0) is 32.1 Å². The van der Waals surface area contributed by atoms with Crippen molar-refractivity contribution in [3.05, 3.63) is 52.6 Å². The third-order valence-corrected chi connectivity index (χ3v) is 9.12. The maximum atomic E-state index is 14.1. The van der Waals surface area contributed by atoms with Gasteiger partial charge in [-0.2, -0.15) is 0 Å². The van der Waals surface area contributed by atoms with Crippen molar-refractivity contribution in [1.29, 1.82) is 0 Å². The second-order valence-electron chi connectivity index (χ2n) is 12.0. The number of anilines is 2. The number of hydrogen-bond acceptors (Lipinski definition) is 10. The molecule has 5 N–H and O–H groups in total. The number of fused-ring (bicyclic) bond motifs is 3. The molecule has 0 heterocycles. The Morgan fingerprint density at radius 3 is 2.33 bits per heavy atom. The molecule has 2 saturated carbocycles. The number of phenols is 1. The van der Waals surface area contributed by atoms with E-state index in [1.54, 1.807) is 51.3 Å². The number of aromatic hydroxyl groups is 1. The van der Waals surface area contributed by atoms with Gasteiger partial charge in [-0.1, -0.05) is 18.1 Å². The first-order valence-electron chi connectivity index (χ1n) is 13.9. The van der Waals surface area contributed by atoms with E-state index < -0.39 is 64.4 Å². The number of carbonyl (C=O) groups excluding carboxylic acids is 5. The van der Waals surface area contributed by atoms with Crippen molar-refractivity contribution in [3.63, 3.8) is 0 Å². The average molecular weight is 587 g/mol. The van der Waals surface area contributed by atoms with Crippen LogP contribution in [0.3, 0.4) is 0 Å². The summed E-state index contributed by atoms with van der Waals surface area (Å²) in [6.45, 7) is 0.299. The lowest BCUT2D eigenvalue weighted by molar-refractivity contribution is -0.181. The van der Waals surface area contributed by atoms with Crippen molar-refractivity contribution < 1.29 is 34.2 Å². The molecule has 0 radical (unpaired) electrons. The van der Waals surface area contributed by atoms with Crippen LogP contribution in [-0.4, -0.2) is 84.0 Å². The highest BCUT2D eigenvalue weighted by atomic mass is 16.3. The van der Waals surface area contributed by atoms with Gasteiger partial charge in [0.1, 0.15) is 5.75 Å². The Hall–Kier alpha value is -4.53. The van der Waals surface area contributed by atoms with E-state index in [1.807, 2.05) is 12.1 Å². The number of nitrogens with zero attached hydrogens (tertiary/aromatic N) is 2. The van der Waals surface area contributed by atoms with E-state index in [0.717, 1.165) is 11.1 Å². The molecule has 0 bridgehead atoms. The fraction of sp³-hybridized carbons (Fsp3) is 0.406. The number of ketones is 4. The van der Waals surface area contributed by atoms with E-state index in [9.17, 15) is 34.2 Å². The lowest BCUT2D eigenvalue weighted by atomic mass is 9.52. The van der Waals surface area contributed by atoms with Gasteiger partial charge in [0.05, 0.1) is 23.2 Å². The van der Waals surface area contributed by atoms with Crippen molar-refractivity contribution >= 4 is 40.4 Å². The van der Waals surface area contributed by atoms with Crippen molar-refractivity contribution in [2.24, 2.45) is 29.4 Å². The van der Waals surface area contributed by atoms with Gasteiger partial charge in [-0.05, 0) is 62.2 Å². The summed E-state index contributed by atoms with van der Waals surface area (Å²) in [4.78, 5) is 70.4. The molecule has 2 aromatic rings. The highest BCUT2D eigenvalue weighted by Crippen LogP contribution is 2.52. The van der Waals surface area contributed by atoms with E-state index in [1.165, 1.54) is 4.90 Å². The molecule has 0 aromatic heterocycles. The van der Waals surface area contributed by atoms with E-state index in [-0.39, 0.29) is 29.8 Å². The largest absolute Gasteiger partial charge is 0.505 e. The SMILES string of the molecule is C#Cc1ccc(CNc2cc(N(C)C)c3c(c2O)C(=O)C2C(=O)[C@@]4(O)C(=O)C(C(N)=O)C(=O)[C@H](N(C)C)[C@H]4C[C@H]2C3)cc1. The Balaban J connectivity index is 1.58. The van der Waals surface area contributed by atoms with E-state index >= 15 is 0 Å². The Morgan fingerprint density at radius 2 is 1.77 bits per heavy atom. The monoisotopic (exact) mass is 586 g/mol. The zero-order chi connectivity index (χ0) is 31.5. The number of amides is 1. The molecule has 11 nitrogen and oxygen atoms in total. The molecule has 5 rings (SSSR count). The van der Waals surface area contributed by atoms with Gasteiger partial charge in [0, 0.05) is 37.8 Å². The van der Waals surface area contributed by atoms with Crippen molar-refractivity contribution in [2.45, 2.75) is 31.0 Å². The number of carbonyl (C=O) groups is 5. The lowest BCUT2D eigenvalue weighted by Crippen LogP contribution is -2.74. The predicted octanol–water partition coefficient (Wildman–Crippen LogP) is 0.526. The Labute approximate surface area is 249 Å². The normalized spacial score (nSPS) is 28.1. The number of hydrogen-bond donors (Lipinski definition) is 4. The van der Waals surface area contributed by atoms with Crippen LogP contribution in [0.25, 0.3) is 0 Å². The lowest BCUT2D eigenvalue weighted by Gasteiger charge is -2.52. The standard InChI is InChI=1S/C32H34N4O7/c1-6-15-7-9-16(10-8-15)14-34-20-13-21(35(2)3)18-11-17-12-19-25(36(4)5)28(39)24(31(33)42)30(41)32(19,43)29(40)22(17)27(38)23(18)26(20)37/h1,7-10,13,17,19,22,24-25,34,37,43H,11-12,14H2,2-5H3,(H2,33,42)/t17-,19-,22?,24?,25-,32-/m1/s1. The third-order valence-electron chi connectivity index (χ3n) is 9.12. The van der Waals surface area contributed by atoms with E-state index in [2.05, 4.69) is 11.2 Å². The fourth-order valence-electron chi connectivity index (χ4n) is 7.10. The summed E-state index contributed by atoms with van der Waals surface area (Å²) in [5, 5.41) is 26.3. The van der Waals surface area contributed by atoms with E-state index in [0.29, 0.717) is 17.8 Å². The summed E-state index contributed by atoms with van der Waals surface area (Å²) >= 11 is 0. The van der Waals surface area contributed by atoms with Gasteiger partial charge in [0.2, 0.25) is 5.91 Å². The number of primary amides is 1. The summed E-state index contributed by atoms with van der Waals surface area (Å²) in [5.74, 6) is -8.24. The molecular weight excluding hydrogens is 552 g/mol. The predicted molar refractivity (Wildman–Crippen MR) is 157 cm³/mol. The van der Waals surface area contributed by atoms with Crippen molar-refractivity contribution in [3.8, 4) is 18.1 Å².